The quantitative estimate of drug-likeness (QED) is 0.0127. The third-order valence-corrected chi connectivity index (χ3v) is 16.6. The third kappa shape index (κ3) is 27.6. The zero-order valence-electron chi connectivity index (χ0n) is 59.7. The summed E-state index contributed by atoms with van der Waals surface area (Å²) in [5, 5.41) is 34.1. The van der Waals surface area contributed by atoms with Gasteiger partial charge >= 0.3 is 35.0 Å². The monoisotopic (exact) mass is 1840 g/mol. The SMILES string of the molecule is CCOC(=O)CN(Cc1ccnc(N2CCOCC2)c1)c1nc(S(C)(=O)=O)nc(N)c1[N+](=O)[O-].CCOC(=O)CN(Cc1ccnc(N2CCOCC2)c1)c1nc(S(C)(=O)=O)nc(N)c1[N+](=O)[O-].CCOC(=O)CN(Cc1ccnc(N2CCOCC2)c1)c1nc(SC)nc(N)c1[N+](=O)[O-].[CH3-].[CH3-].[CH3-].[U].[V].[V]. The molecule has 0 aromatic carbocycles. The van der Waals surface area contributed by atoms with Crippen molar-refractivity contribution in [1.82, 2.24) is 44.9 Å². The molecule has 2 radical (unpaired) electrons. The fraction of sp³-hybridized carbons (Fsp3) is 0.450. The van der Waals surface area contributed by atoms with Gasteiger partial charge in [-0.05, 0) is 80.1 Å². The number of hydrogen-bond acceptors (Lipinski definition) is 38. The van der Waals surface area contributed by atoms with Crippen molar-refractivity contribution >= 4 is 119 Å². The molecule has 40 nitrogen and oxygen atoms in total. The number of ether oxygens (including phenoxy) is 6. The van der Waals surface area contributed by atoms with Crippen molar-refractivity contribution in [1.29, 1.82) is 0 Å². The molecule has 106 heavy (non-hydrogen) atoms. The van der Waals surface area contributed by atoms with Gasteiger partial charge in [0.15, 0.2) is 5.16 Å². The number of aromatic nitrogens is 9. The summed E-state index contributed by atoms with van der Waals surface area (Å²) in [6.45, 7) is 11.7. The number of pyridine rings is 3. The number of carbonyl (C=O) groups is 3. The fourth-order valence-corrected chi connectivity index (χ4v) is 11.3. The first kappa shape index (κ1) is 95.9. The van der Waals surface area contributed by atoms with Crippen molar-refractivity contribution in [2.75, 3.05) is 184 Å². The van der Waals surface area contributed by atoms with Crippen LogP contribution in [0.1, 0.15) is 37.5 Å². The number of nitro groups is 3. The van der Waals surface area contributed by atoms with Crippen LogP contribution in [0.15, 0.2) is 70.5 Å². The Labute approximate surface area is 665 Å². The van der Waals surface area contributed by atoms with E-state index in [1.54, 1.807) is 75.9 Å². The number of nitrogens with zero attached hydrogens (tertiary/aromatic N) is 18. The van der Waals surface area contributed by atoms with Gasteiger partial charge in [0.1, 0.15) is 37.1 Å². The van der Waals surface area contributed by atoms with Crippen LogP contribution in [-0.4, -0.2) is 232 Å². The maximum atomic E-state index is 12.3. The summed E-state index contributed by atoms with van der Waals surface area (Å²) >= 11 is 1.20. The van der Waals surface area contributed by atoms with Gasteiger partial charge < -0.3 is 97.3 Å². The van der Waals surface area contributed by atoms with Crippen LogP contribution in [-0.2, 0) is 119 Å². The predicted octanol–water partition coefficient (Wildman–Crippen LogP) is 3.18. The summed E-state index contributed by atoms with van der Waals surface area (Å²) in [5.41, 5.74) is 17.6. The second kappa shape index (κ2) is 45.5. The molecule has 3 aliphatic heterocycles. The first-order valence-electron chi connectivity index (χ1n) is 30.6. The number of thioether (sulfide) groups is 1. The molecule has 0 aliphatic carbocycles. The van der Waals surface area contributed by atoms with E-state index in [4.69, 9.17) is 45.6 Å². The van der Waals surface area contributed by atoms with E-state index < -0.39 is 116 Å². The molecule has 3 aliphatic rings. The topological polar surface area (TPSA) is 518 Å². The Morgan fingerprint density at radius 2 is 0.764 bits per heavy atom. The third-order valence-electron chi connectivity index (χ3n) is 14.3. The number of nitrogen functional groups attached to an aromatic ring is 3. The van der Waals surface area contributed by atoms with Crippen LogP contribution in [0.25, 0.3) is 0 Å². The molecule has 9 rings (SSSR count). The molecule has 3 saturated heterocycles. The largest absolute Gasteiger partial charge is 0.465 e. The number of esters is 3. The molecular weight excluding hydrogens is 1750 g/mol. The van der Waals surface area contributed by atoms with Gasteiger partial charge in [0, 0.05) is 158 Å². The predicted molar refractivity (Wildman–Crippen MR) is 381 cm³/mol. The Morgan fingerprint density at radius 3 is 1.01 bits per heavy atom. The first-order chi connectivity index (χ1) is 47.6. The van der Waals surface area contributed by atoms with Gasteiger partial charge in [-0.15, -0.1) is 0 Å². The Kier molecular flexibility index (Phi) is 41.1. The summed E-state index contributed by atoms with van der Waals surface area (Å²) in [6.07, 6.45) is 8.26. The maximum absolute atomic E-state index is 12.3. The maximum Gasteiger partial charge on any atom is 0.353 e. The van der Waals surface area contributed by atoms with Crippen LogP contribution in [0, 0.1) is 83.7 Å². The van der Waals surface area contributed by atoms with Gasteiger partial charge in [-0.1, -0.05) is 11.8 Å². The second-order valence-corrected chi connectivity index (χ2v) is 26.2. The number of sulfone groups is 2. The molecule has 0 atom stereocenters. The number of anilines is 9. The molecule has 0 spiro atoms. The molecule has 0 unspecified atom stereocenters. The molecule has 578 valence electrons. The average molecular weight is 1840 g/mol. The van der Waals surface area contributed by atoms with Crippen molar-refractivity contribution in [3.05, 3.63) is 124 Å². The van der Waals surface area contributed by atoms with Crippen LogP contribution in [0.3, 0.4) is 0 Å². The molecule has 6 N–H and O–H groups in total. The van der Waals surface area contributed by atoms with E-state index >= 15 is 0 Å². The fourth-order valence-electron chi connectivity index (χ4n) is 9.87. The number of carbonyl (C=O) groups excluding carboxylic acids is 3. The van der Waals surface area contributed by atoms with Gasteiger partial charge in [0.2, 0.25) is 54.6 Å². The summed E-state index contributed by atoms with van der Waals surface area (Å²) in [7, 11) is -7.91. The molecule has 6 aromatic heterocycles. The first-order valence-corrected chi connectivity index (χ1v) is 35.6. The minimum absolute atomic E-state index is 0. The van der Waals surface area contributed by atoms with Crippen LogP contribution in [0.4, 0.5) is 69.4 Å². The zero-order chi connectivity index (χ0) is 72.8. The van der Waals surface area contributed by atoms with Crippen molar-refractivity contribution in [2.24, 2.45) is 0 Å². The molecule has 0 saturated carbocycles. The van der Waals surface area contributed by atoms with Crippen molar-refractivity contribution < 1.29 is 143 Å². The van der Waals surface area contributed by atoms with Crippen molar-refractivity contribution in [3.8, 4) is 0 Å². The minimum atomic E-state index is -3.95. The van der Waals surface area contributed by atoms with Crippen LogP contribution in [0.2, 0.25) is 0 Å². The second-order valence-electron chi connectivity index (χ2n) is 21.6. The molecule has 3 fully saturated rings. The standard InChI is InChI=1S/2C19H25N7O7S.C19H25N7O5S.3CH3.U.2V/c2*1-3-33-15(27)12-25(11-13-4-5-21-14(10-13)24-6-8-32-9-7-24)18-16(26(28)29)17(20)22-19(23-18)34(2,30)31;1-3-31-15(27)12-25(18-16(26(28)29)17(20)22-19(23-18)32-2)11-13-4-5-21-14(10-13)24-6-8-30-9-7-24;;;;;;/h2*4-5,10H,3,6-9,11-12H2,1-2H3,(H2,20,22,23);4-5,10H,3,6-9,11-12H2,1-2H3,(H2,20,22,23);3*1H3;;;/q;;;3*-1;;;. The number of hydrogen-bond donors (Lipinski definition) is 3. The number of nitrogens with two attached hydrogens (primary N) is 3. The molecule has 9 heterocycles. The van der Waals surface area contributed by atoms with E-state index in [-0.39, 0.29) is 153 Å². The van der Waals surface area contributed by atoms with Crippen molar-refractivity contribution in [2.45, 2.75) is 55.9 Å². The Hall–Kier alpha value is -8.15. The van der Waals surface area contributed by atoms with Gasteiger partial charge in [0.05, 0.1) is 74.2 Å². The van der Waals surface area contributed by atoms with Gasteiger partial charge in [0.25, 0.3) is 10.3 Å². The van der Waals surface area contributed by atoms with E-state index in [1.807, 2.05) is 15.9 Å². The molecule has 46 heteroatoms. The van der Waals surface area contributed by atoms with Gasteiger partial charge in [-0.25, -0.2) is 31.8 Å². The van der Waals surface area contributed by atoms with E-state index in [0.29, 0.717) is 102 Å². The Morgan fingerprint density at radius 1 is 0.500 bits per heavy atom. The van der Waals surface area contributed by atoms with E-state index in [0.717, 1.165) is 23.9 Å². The minimum Gasteiger partial charge on any atom is -0.465 e. The van der Waals surface area contributed by atoms with E-state index in [9.17, 15) is 61.6 Å². The Bertz CT molecular complexity index is 3980. The van der Waals surface area contributed by atoms with Crippen LogP contribution < -0.4 is 46.6 Å². The normalized spacial score (nSPS) is 13.1. The summed E-state index contributed by atoms with van der Waals surface area (Å²) in [4.78, 5) is 116. The van der Waals surface area contributed by atoms with E-state index in [1.165, 1.54) is 26.5 Å². The van der Waals surface area contributed by atoms with E-state index in [2.05, 4.69) is 49.8 Å². The van der Waals surface area contributed by atoms with Gasteiger partial charge in [-0.2, -0.15) is 29.9 Å². The summed E-state index contributed by atoms with van der Waals surface area (Å²) in [6, 6.07) is 10.6. The van der Waals surface area contributed by atoms with Crippen molar-refractivity contribution in [3.63, 3.8) is 0 Å². The number of rotatable bonds is 27. The zero-order valence-corrected chi connectivity index (χ0v) is 69.1. The van der Waals surface area contributed by atoms with Crippen LogP contribution in [0.5, 0.6) is 0 Å². The van der Waals surface area contributed by atoms with Crippen LogP contribution >= 0.6 is 11.8 Å². The molecular formula is C60H84N21O19S3UV2-3. The summed E-state index contributed by atoms with van der Waals surface area (Å²) < 4.78 is 79.4. The smallest absolute Gasteiger partial charge is 0.353 e. The summed E-state index contributed by atoms with van der Waals surface area (Å²) in [5.74, 6) is -2.17. The number of morpholine rings is 3. The Balaban J connectivity index is 0.000000774. The molecule has 6 aromatic rings. The average Bonchev–Trinajstić information content (AvgIpc) is 0.794. The molecule has 0 amide bonds. The van der Waals surface area contributed by atoms with Gasteiger partial charge in [-0.3, -0.25) is 44.7 Å². The molecule has 0 bridgehead atoms.